The van der Waals surface area contributed by atoms with Gasteiger partial charge in [-0.25, -0.2) is 0 Å². The first-order valence-corrected chi connectivity index (χ1v) is 6.92. The zero-order valence-corrected chi connectivity index (χ0v) is 12.2. The predicted octanol–water partition coefficient (Wildman–Crippen LogP) is 1.84. The van der Waals surface area contributed by atoms with E-state index in [0.29, 0.717) is 0 Å². The minimum absolute atomic E-state index is 0.844. The van der Waals surface area contributed by atoms with Crippen LogP contribution in [-0.2, 0) is 6.54 Å². The van der Waals surface area contributed by atoms with Crippen molar-refractivity contribution in [2.45, 2.75) is 13.5 Å². The summed E-state index contributed by atoms with van der Waals surface area (Å²) in [6, 6.07) is 6.06. The van der Waals surface area contributed by atoms with E-state index in [4.69, 9.17) is 9.47 Å². The molecular weight excluding hydrogens is 240 g/mol. The van der Waals surface area contributed by atoms with Crippen LogP contribution in [0.5, 0.6) is 11.5 Å². The zero-order valence-electron chi connectivity index (χ0n) is 12.2. The van der Waals surface area contributed by atoms with E-state index in [1.165, 1.54) is 5.56 Å². The summed E-state index contributed by atoms with van der Waals surface area (Å²) in [7, 11) is 3.39. The van der Waals surface area contributed by atoms with Gasteiger partial charge in [0.05, 0.1) is 14.2 Å². The maximum atomic E-state index is 5.45. The number of methoxy groups -OCH3 is 2. The number of hydrogen-bond donors (Lipinski definition) is 0. The fourth-order valence-electron chi connectivity index (χ4n) is 2.49. The van der Waals surface area contributed by atoms with Crippen molar-refractivity contribution in [1.82, 2.24) is 9.80 Å². The van der Waals surface area contributed by atoms with E-state index < -0.39 is 0 Å². The molecule has 2 rings (SSSR count). The van der Waals surface area contributed by atoms with Crippen molar-refractivity contribution in [2.75, 3.05) is 46.9 Å². The number of nitrogens with zero attached hydrogens (tertiary/aromatic N) is 2. The molecule has 0 unspecified atom stereocenters. The third-order valence-electron chi connectivity index (χ3n) is 3.80. The van der Waals surface area contributed by atoms with Gasteiger partial charge in [-0.3, -0.25) is 4.90 Å². The van der Waals surface area contributed by atoms with E-state index >= 15 is 0 Å². The van der Waals surface area contributed by atoms with Crippen molar-refractivity contribution in [3.05, 3.63) is 23.8 Å². The van der Waals surface area contributed by atoms with Crippen molar-refractivity contribution in [3.8, 4) is 11.5 Å². The lowest BCUT2D eigenvalue weighted by Crippen LogP contribution is -2.45. The van der Waals surface area contributed by atoms with Crippen LogP contribution in [0.15, 0.2) is 18.2 Å². The molecule has 1 aliphatic heterocycles. The van der Waals surface area contributed by atoms with Crippen molar-refractivity contribution in [3.63, 3.8) is 0 Å². The summed E-state index contributed by atoms with van der Waals surface area (Å²) in [4.78, 5) is 4.97. The third-order valence-corrected chi connectivity index (χ3v) is 3.80. The molecular formula is C15H24N2O2. The SMILES string of the molecule is CCN1CCN(Cc2ccc(OC)cc2OC)CC1. The molecule has 4 nitrogen and oxygen atoms in total. The largest absolute Gasteiger partial charge is 0.497 e. The predicted molar refractivity (Wildman–Crippen MR) is 76.9 cm³/mol. The van der Waals surface area contributed by atoms with Crippen LogP contribution in [0.3, 0.4) is 0 Å². The molecule has 4 heteroatoms. The second-order valence-electron chi connectivity index (χ2n) is 4.89. The molecule has 0 aromatic heterocycles. The van der Waals surface area contributed by atoms with Gasteiger partial charge < -0.3 is 14.4 Å². The van der Waals surface area contributed by atoms with Crippen LogP contribution in [0, 0.1) is 0 Å². The third kappa shape index (κ3) is 3.61. The van der Waals surface area contributed by atoms with Gasteiger partial charge in [0.25, 0.3) is 0 Å². The van der Waals surface area contributed by atoms with Gasteiger partial charge in [0.15, 0.2) is 0 Å². The van der Waals surface area contributed by atoms with E-state index in [0.717, 1.165) is 50.8 Å². The van der Waals surface area contributed by atoms with Crippen molar-refractivity contribution in [1.29, 1.82) is 0 Å². The van der Waals surface area contributed by atoms with Gasteiger partial charge in [0, 0.05) is 44.4 Å². The summed E-state index contributed by atoms with van der Waals surface area (Å²) in [6.07, 6.45) is 0. The van der Waals surface area contributed by atoms with Crippen LogP contribution >= 0.6 is 0 Å². The van der Waals surface area contributed by atoms with Crippen LogP contribution in [0.2, 0.25) is 0 Å². The quantitative estimate of drug-likeness (QED) is 0.810. The lowest BCUT2D eigenvalue weighted by molar-refractivity contribution is 0.131. The molecule has 1 aliphatic rings. The summed E-state index contributed by atoms with van der Waals surface area (Å²) < 4.78 is 10.7. The molecule has 0 spiro atoms. The highest BCUT2D eigenvalue weighted by Gasteiger charge is 2.17. The van der Waals surface area contributed by atoms with Crippen molar-refractivity contribution in [2.24, 2.45) is 0 Å². The van der Waals surface area contributed by atoms with Crippen LogP contribution in [0.4, 0.5) is 0 Å². The smallest absolute Gasteiger partial charge is 0.127 e. The molecule has 1 saturated heterocycles. The van der Waals surface area contributed by atoms with E-state index in [1.54, 1.807) is 14.2 Å². The average Bonchev–Trinajstić information content (AvgIpc) is 2.48. The van der Waals surface area contributed by atoms with Gasteiger partial charge in [-0.05, 0) is 12.6 Å². The number of ether oxygens (including phenoxy) is 2. The fraction of sp³-hybridized carbons (Fsp3) is 0.600. The highest BCUT2D eigenvalue weighted by Crippen LogP contribution is 2.25. The Morgan fingerprint density at radius 2 is 1.68 bits per heavy atom. The molecule has 1 fully saturated rings. The number of hydrogen-bond acceptors (Lipinski definition) is 4. The Morgan fingerprint density at radius 1 is 1.00 bits per heavy atom. The second-order valence-corrected chi connectivity index (χ2v) is 4.89. The molecule has 0 radical (unpaired) electrons. The topological polar surface area (TPSA) is 24.9 Å². The van der Waals surface area contributed by atoms with Crippen molar-refractivity contribution >= 4 is 0 Å². The van der Waals surface area contributed by atoms with Crippen LogP contribution in [0.1, 0.15) is 12.5 Å². The molecule has 0 saturated carbocycles. The van der Waals surface area contributed by atoms with Crippen molar-refractivity contribution < 1.29 is 9.47 Å². The van der Waals surface area contributed by atoms with Gasteiger partial charge in [-0.15, -0.1) is 0 Å². The van der Waals surface area contributed by atoms with E-state index in [1.807, 2.05) is 12.1 Å². The van der Waals surface area contributed by atoms with E-state index in [2.05, 4.69) is 22.8 Å². The first kappa shape index (κ1) is 14.2. The number of rotatable bonds is 5. The fourth-order valence-corrected chi connectivity index (χ4v) is 2.49. The van der Waals surface area contributed by atoms with Crippen LogP contribution < -0.4 is 9.47 Å². The Labute approximate surface area is 115 Å². The van der Waals surface area contributed by atoms with Gasteiger partial charge in [0.1, 0.15) is 11.5 Å². The summed E-state index contributed by atoms with van der Waals surface area (Å²) >= 11 is 0. The molecule has 0 amide bonds. The lowest BCUT2D eigenvalue weighted by atomic mass is 10.1. The Morgan fingerprint density at radius 3 is 2.26 bits per heavy atom. The number of piperazine rings is 1. The Hall–Kier alpha value is -1.26. The maximum Gasteiger partial charge on any atom is 0.127 e. The van der Waals surface area contributed by atoms with Gasteiger partial charge in [-0.2, -0.15) is 0 Å². The standard InChI is InChI=1S/C15H24N2O2/c1-4-16-7-9-17(10-8-16)12-13-5-6-14(18-2)11-15(13)19-3/h5-6,11H,4,7-10,12H2,1-3H3. The summed E-state index contributed by atoms with van der Waals surface area (Å²) in [5, 5.41) is 0. The van der Waals surface area contributed by atoms with Gasteiger partial charge >= 0.3 is 0 Å². The molecule has 1 aromatic rings. The highest BCUT2D eigenvalue weighted by atomic mass is 16.5. The first-order valence-electron chi connectivity index (χ1n) is 6.92. The maximum absolute atomic E-state index is 5.45. The molecule has 1 aromatic carbocycles. The number of benzene rings is 1. The average molecular weight is 264 g/mol. The molecule has 0 bridgehead atoms. The minimum atomic E-state index is 0.844. The van der Waals surface area contributed by atoms with Crippen LogP contribution in [0.25, 0.3) is 0 Å². The van der Waals surface area contributed by atoms with E-state index in [9.17, 15) is 0 Å². The number of likely N-dealkylation sites (N-methyl/N-ethyl adjacent to an activating group) is 1. The zero-order chi connectivity index (χ0) is 13.7. The first-order chi connectivity index (χ1) is 9.26. The molecule has 0 N–H and O–H groups in total. The molecule has 106 valence electrons. The Balaban J connectivity index is 1.99. The minimum Gasteiger partial charge on any atom is -0.497 e. The summed E-state index contributed by atoms with van der Waals surface area (Å²) in [5.74, 6) is 1.76. The second kappa shape index (κ2) is 6.78. The molecule has 0 aliphatic carbocycles. The van der Waals surface area contributed by atoms with Gasteiger partial charge in [-0.1, -0.05) is 13.0 Å². The molecule has 19 heavy (non-hydrogen) atoms. The lowest BCUT2D eigenvalue weighted by Gasteiger charge is -2.34. The van der Waals surface area contributed by atoms with Crippen LogP contribution in [-0.4, -0.2) is 56.7 Å². The molecule has 0 atom stereocenters. The highest BCUT2D eigenvalue weighted by molar-refractivity contribution is 5.40. The normalized spacial score (nSPS) is 17.4. The van der Waals surface area contributed by atoms with E-state index in [-0.39, 0.29) is 0 Å². The summed E-state index contributed by atoms with van der Waals surface area (Å²) in [6.45, 7) is 8.91. The Bertz CT molecular complexity index is 401. The van der Waals surface area contributed by atoms with Gasteiger partial charge in [0.2, 0.25) is 0 Å². The summed E-state index contributed by atoms with van der Waals surface area (Å²) in [5.41, 5.74) is 1.23. The monoisotopic (exact) mass is 264 g/mol. The molecule has 1 heterocycles. The Kier molecular flexibility index (Phi) is 5.05.